The SMILES string of the molecule is O=C(Cc1ccccc1)[O][Sn]([CH]1CCCCC1)([CH]1CCCCC1)[CH]1CCCCC1. The van der Waals surface area contributed by atoms with E-state index in [-0.39, 0.29) is 5.97 Å². The Balaban J connectivity index is 1.63. The van der Waals surface area contributed by atoms with Crippen LogP contribution in [0.1, 0.15) is 102 Å². The number of hydrogen-bond donors (Lipinski definition) is 0. The fourth-order valence-corrected chi connectivity index (χ4v) is 26.6. The molecule has 0 aromatic heterocycles. The van der Waals surface area contributed by atoms with Crippen molar-refractivity contribution in [3.63, 3.8) is 0 Å². The van der Waals surface area contributed by atoms with Gasteiger partial charge in [0.2, 0.25) is 0 Å². The minimum absolute atomic E-state index is 0.119. The zero-order valence-electron chi connectivity index (χ0n) is 18.2. The summed E-state index contributed by atoms with van der Waals surface area (Å²) < 4.78 is 9.42. The van der Waals surface area contributed by atoms with Crippen LogP contribution >= 0.6 is 0 Å². The fourth-order valence-electron chi connectivity index (χ4n) is 6.91. The molecule has 0 aliphatic heterocycles. The molecule has 3 aliphatic rings. The van der Waals surface area contributed by atoms with Gasteiger partial charge in [-0.15, -0.1) is 0 Å². The first-order chi connectivity index (χ1) is 14.3. The average Bonchev–Trinajstić information content (AvgIpc) is 2.80. The van der Waals surface area contributed by atoms with Crippen LogP contribution in [0.3, 0.4) is 0 Å². The van der Waals surface area contributed by atoms with Crippen LogP contribution in [0.25, 0.3) is 0 Å². The van der Waals surface area contributed by atoms with Crippen molar-refractivity contribution in [3.05, 3.63) is 35.9 Å². The molecule has 0 amide bonds. The number of hydrogen-bond acceptors (Lipinski definition) is 2. The molecule has 0 bridgehead atoms. The molecule has 1 aromatic rings. The standard InChI is InChI=1S/C8H8O2.3C6H11.Sn/c9-8(10)6-7-4-2-1-3-5-7;3*1-2-4-6-5-3-1;/h1-5H,6H2,(H,9,10);3*1H,2-6H2;/q;;;;+1/p-1. The molecule has 0 saturated heterocycles. The van der Waals surface area contributed by atoms with E-state index in [1.54, 1.807) is 0 Å². The van der Waals surface area contributed by atoms with Crippen LogP contribution in [0.5, 0.6) is 0 Å². The summed E-state index contributed by atoms with van der Waals surface area (Å²) in [4.78, 5) is 13.4. The summed E-state index contributed by atoms with van der Waals surface area (Å²) in [6, 6.07) is 10.3. The van der Waals surface area contributed by atoms with E-state index in [1.807, 2.05) is 18.2 Å². The zero-order valence-corrected chi connectivity index (χ0v) is 21.1. The molecular formula is C26H40O2Sn. The Hall–Kier alpha value is -0.511. The third-order valence-corrected chi connectivity index (χ3v) is 25.7. The topological polar surface area (TPSA) is 26.3 Å². The van der Waals surface area contributed by atoms with Crippen molar-refractivity contribution in [1.82, 2.24) is 0 Å². The molecule has 0 unspecified atom stereocenters. The van der Waals surface area contributed by atoms with Gasteiger partial charge in [-0.3, -0.25) is 0 Å². The Morgan fingerprint density at radius 2 is 1.10 bits per heavy atom. The summed E-state index contributed by atoms with van der Waals surface area (Å²) in [5, 5.41) is 0. The molecule has 3 heteroatoms. The van der Waals surface area contributed by atoms with Gasteiger partial charge < -0.3 is 0 Å². The number of carbonyl (C=O) groups excluding carboxylic acids is 1. The first-order valence-corrected chi connectivity index (χ1v) is 18.7. The van der Waals surface area contributed by atoms with Gasteiger partial charge >= 0.3 is 183 Å². The zero-order chi connectivity index (χ0) is 19.9. The molecule has 29 heavy (non-hydrogen) atoms. The van der Waals surface area contributed by atoms with E-state index >= 15 is 0 Å². The van der Waals surface area contributed by atoms with Crippen LogP contribution in [0.4, 0.5) is 0 Å². The summed E-state index contributed by atoms with van der Waals surface area (Å²) in [5.41, 5.74) is 1.12. The molecule has 0 spiro atoms. The van der Waals surface area contributed by atoms with E-state index in [0.717, 1.165) is 17.4 Å². The Bertz CT molecular complexity index is 580. The molecule has 3 saturated carbocycles. The maximum absolute atomic E-state index is 13.4. The van der Waals surface area contributed by atoms with Crippen LogP contribution in [0.15, 0.2) is 30.3 Å². The van der Waals surface area contributed by atoms with E-state index in [2.05, 4.69) is 12.1 Å². The Morgan fingerprint density at radius 3 is 1.52 bits per heavy atom. The van der Waals surface area contributed by atoms with Crippen LogP contribution < -0.4 is 0 Å². The predicted molar refractivity (Wildman–Crippen MR) is 122 cm³/mol. The van der Waals surface area contributed by atoms with Crippen LogP contribution in [0.2, 0.25) is 11.8 Å². The van der Waals surface area contributed by atoms with Crippen molar-refractivity contribution in [1.29, 1.82) is 0 Å². The summed E-state index contributed by atoms with van der Waals surface area (Å²) >= 11 is -3.17. The van der Waals surface area contributed by atoms with E-state index in [0.29, 0.717) is 6.42 Å². The number of rotatable bonds is 6. The van der Waals surface area contributed by atoms with Crippen LogP contribution in [0, 0.1) is 0 Å². The van der Waals surface area contributed by atoms with Gasteiger partial charge in [-0.2, -0.15) is 0 Å². The molecule has 0 heterocycles. The molecule has 0 radical (unpaired) electrons. The molecule has 4 rings (SSSR count). The molecule has 3 aliphatic carbocycles. The fraction of sp³-hybridized carbons (Fsp3) is 0.731. The third kappa shape index (κ3) is 5.22. The minimum atomic E-state index is -3.17. The second-order valence-corrected chi connectivity index (χ2v) is 22.4. The van der Waals surface area contributed by atoms with Crippen molar-refractivity contribution in [3.8, 4) is 0 Å². The molecule has 0 N–H and O–H groups in total. The first-order valence-electron chi connectivity index (χ1n) is 12.5. The van der Waals surface area contributed by atoms with E-state index < -0.39 is 18.8 Å². The molecule has 2 nitrogen and oxygen atoms in total. The molecule has 1 aromatic carbocycles. The predicted octanol–water partition coefficient (Wildman–Crippen LogP) is 7.72. The number of carbonyl (C=O) groups is 1. The quantitative estimate of drug-likeness (QED) is 0.372. The first kappa shape index (κ1) is 21.7. The van der Waals surface area contributed by atoms with Crippen molar-refractivity contribution in [2.45, 2.75) is 115 Å². The van der Waals surface area contributed by atoms with Crippen molar-refractivity contribution in [2.24, 2.45) is 0 Å². The Kier molecular flexibility index (Phi) is 8.00. The molecular weight excluding hydrogens is 463 g/mol. The van der Waals surface area contributed by atoms with Crippen molar-refractivity contribution in [2.75, 3.05) is 0 Å². The second kappa shape index (κ2) is 10.7. The molecule has 3 fully saturated rings. The van der Waals surface area contributed by atoms with Crippen molar-refractivity contribution < 1.29 is 7.87 Å². The normalized spacial score (nSPS) is 23.0. The van der Waals surface area contributed by atoms with Crippen LogP contribution in [-0.2, 0) is 14.3 Å². The van der Waals surface area contributed by atoms with E-state index in [9.17, 15) is 4.79 Å². The van der Waals surface area contributed by atoms with Gasteiger partial charge in [0.1, 0.15) is 0 Å². The second-order valence-electron chi connectivity index (χ2n) is 9.99. The van der Waals surface area contributed by atoms with E-state index in [4.69, 9.17) is 3.07 Å². The average molecular weight is 503 g/mol. The molecule has 160 valence electrons. The Morgan fingerprint density at radius 1 is 0.690 bits per heavy atom. The molecule has 0 atom stereocenters. The van der Waals surface area contributed by atoms with E-state index in [1.165, 1.54) is 96.3 Å². The van der Waals surface area contributed by atoms with Gasteiger partial charge in [0.25, 0.3) is 0 Å². The Labute approximate surface area is 182 Å². The van der Waals surface area contributed by atoms with Gasteiger partial charge in [0.15, 0.2) is 0 Å². The van der Waals surface area contributed by atoms with Gasteiger partial charge in [-0.25, -0.2) is 0 Å². The summed E-state index contributed by atoms with van der Waals surface area (Å²) in [5.74, 6) is 0.119. The third-order valence-electron chi connectivity index (χ3n) is 8.21. The maximum atomic E-state index is 13.4. The summed E-state index contributed by atoms with van der Waals surface area (Å²) in [6.45, 7) is 0. The van der Waals surface area contributed by atoms with Gasteiger partial charge in [0.05, 0.1) is 0 Å². The van der Waals surface area contributed by atoms with Crippen molar-refractivity contribution >= 4 is 24.8 Å². The van der Waals surface area contributed by atoms with Gasteiger partial charge in [0, 0.05) is 0 Å². The van der Waals surface area contributed by atoms with Gasteiger partial charge in [-0.1, -0.05) is 0 Å². The monoisotopic (exact) mass is 504 g/mol. The number of benzene rings is 1. The van der Waals surface area contributed by atoms with Gasteiger partial charge in [-0.05, 0) is 0 Å². The summed E-state index contributed by atoms with van der Waals surface area (Å²) in [7, 11) is 0. The summed E-state index contributed by atoms with van der Waals surface area (Å²) in [6.07, 6.45) is 21.1. The van der Waals surface area contributed by atoms with Crippen LogP contribution in [-0.4, -0.2) is 24.8 Å².